The van der Waals surface area contributed by atoms with Crippen LogP contribution < -0.4 is 14.4 Å². The molecule has 0 unspecified atom stereocenters. The second-order valence-electron chi connectivity index (χ2n) is 10.6. The van der Waals surface area contributed by atoms with Gasteiger partial charge in [-0.3, -0.25) is 13.9 Å². The molecule has 0 aliphatic heterocycles. The summed E-state index contributed by atoms with van der Waals surface area (Å²) in [6, 6.07) is 20.7. The minimum Gasteiger partial charge on any atom is -0.497 e. The Morgan fingerprint density at radius 3 is 2.33 bits per heavy atom. The summed E-state index contributed by atoms with van der Waals surface area (Å²) >= 11 is 0. The molecular weight excluding hydrogens is 557 g/mol. The molecule has 0 aromatic heterocycles. The molecule has 1 N–H and O–H groups in total. The number of ether oxygens (including phenoxy) is 1. The molecule has 0 radical (unpaired) electrons. The highest BCUT2D eigenvalue weighted by molar-refractivity contribution is 7.92. The van der Waals surface area contributed by atoms with Crippen molar-refractivity contribution in [3.05, 3.63) is 95.8 Å². The number of rotatable bonds is 12. The predicted molar refractivity (Wildman–Crippen MR) is 161 cm³/mol. The van der Waals surface area contributed by atoms with Gasteiger partial charge in [-0.25, -0.2) is 12.8 Å². The van der Waals surface area contributed by atoms with E-state index in [2.05, 4.69) is 5.32 Å². The molecule has 1 aliphatic rings. The average molecular weight is 596 g/mol. The number of hydrogen-bond acceptors (Lipinski definition) is 5. The second kappa shape index (κ2) is 14.3. The zero-order valence-electron chi connectivity index (χ0n) is 24.0. The zero-order chi connectivity index (χ0) is 30.1. The van der Waals surface area contributed by atoms with Gasteiger partial charge >= 0.3 is 0 Å². The van der Waals surface area contributed by atoms with Crippen molar-refractivity contribution in [3.8, 4) is 5.75 Å². The van der Waals surface area contributed by atoms with E-state index >= 15 is 0 Å². The maximum atomic E-state index is 14.9. The van der Waals surface area contributed by atoms with Crippen molar-refractivity contribution in [2.45, 2.75) is 57.2 Å². The molecule has 8 nitrogen and oxygen atoms in total. The first kappa shape index (κ1) is 31.0. The van der Waals surface area contributed by atoms with Gasteiger partial charge in [-0.2, -0.15) is 0 Å². The highest BCUT2D eigenvalue weighted by Gasteiger charge is 2.34. The van der Waals surface area contributed by atoms with E-state index in [1.807, 2.05) is 30.3 Å². The molecule has 1 fully saturated rings. The van der Waals surface area contributed by atoms with Crippen LogP contribution in [0.2, 0.25) is 0 Å². The number of hydrogen-bond donors (Lipinski definition) is 1. The number of anilines is 1. The van der Waals surface area contributed by atoms with Gasteiger partial charge in [0.15, 0.2) is 0 Å². The number of sulfonamides is 1. The van der Waals surface area contributed by atoms with Gasteiger partial charge in [0, 0.05) is 30.6 Å². The SMILES string of the molecule is COc1cccc(N(CC(=O)N(Cc2ccccc2F)[C@@H](Cc2ccccc2)C(=O)NC2CCCCC2)S(C)(=O)=O)c1. The third-order valence-corrected chi connectivity index (χ3v) is 8.68. The topological polar surface area (TPSA) is 96.0 Å². The van der Waals surface area contributed by atoms with E-state index in [0.717, 1.165) is 48.2 Å². The fraction of sp³-hybridized carbons (Fsp3) is 0.375. The quantitative estimate of drug-likeness (QED) is 0.328. The Morgan fingerprint density at radius 1 is 0.976 bits per heavy atom. The van der Waals surface area contributed by atoms with Crippen molar-refractivity contribution >= 4 is 27.5 Å². The zero-order valence-corrected chi connectivity index (χ0v) is 24.9. The van der Waals surface area contributed by atoms with Crippen molar-refractivity contribution in [1.82, 2.24) is 10.2 Å². The smallest absolute Gasteiger partial charge is 0.244 e. The van der Waals surface area contributed by atoms with Gasteiger partial charge in [0.25, 0.3) is 0 Å². The van der Waals surface area contributed by atoms with E-state index in [9.17, 15) is 22.4 Å². The third kappa shape index (κ3) is 8.31. The molecule has 10 heteroatoms. The van der Waals surface area contributed by atoms with Gasteiger partial charge in [-0.15, -0.1) is 0 Å². The maximum absolute atomic E-state index is 14.9. The molecule has 224 valence electrons. The highest BCUT2D eigenvalue weighted by atomic mass is 32.2. The Kier molecular flexibility index (Phi) is 10.6. The van der Waals surface area contributed by atoms with Crippen LogP contribution in [0.4, 0.5) is 10.1 Å². The fourth-order valence-electron chi connectivity index (χ4n) is 5.29. The normalized spacial score (nSPS) is 14.5. The molecule has 0 heterocycles. The van der Waals surface area contributed by atoms with Gasteiger partial charge in [-0.1, -0.05) is 73.9 Å². The van der Waals surface area contributed by atoms with Crippen molar-refractivity contribution in [3.63, 3.8) is 0 Å². The van der Waals surface area contributed by atoms with E-state index in [1.165, 1.54) is 24.1 Å². The van der Waals surface area contributed by atoms with Gasteiger partial charge in [0.2, 0.25) is 21.8 Å². The lowest BCUT2D eigenvalue weighted by Crippen LogP contribution is -2.55. The summed E-state index contributed by atoms with van der Waals surface area (Å²) in [7, 11) is -2.46. The molecule has 0 saturated heterocycles. The van der Waals surface area contributed by atoms with Crippen molar-refractivity contribution in [1.29, 1.82) is 0 Å². The molecule has 1 saturated carbocycles. The highest BCUT2D eigenvalue weighted by Crippen LogP contribution is 2.25. The summed E-state index contributed by atoms with van der Waals surface area (Å²) in [5, 5.41) is 3.13. The number of benzene rings is 3. The summed E-state index contributed by atoms with van der Waals surface area (Å²) in [4.78, 5) is 29.4. The van der Waals surface area contributed by atoms with Crippen LogP contribution in [-0.2, 0) is 32.6 Å². The van der Waals surface area contributed by atoms with Gasteiger partial charge < -0.3 is 15.0 Å². The van der Waals surface area contributed by atoms with Crippen LogP contribution in [0.15, 0.2) is 78.9 Å². The lowest BCUT2D eigenvalue weighted by atomic mass is 9.94. The maximum Gasteiger partial charge on any atom is 0.244 e. The van der Waals surface area contributed by atoms with Crippen LogP contribution in [0.1, 0.15) is 43.2 Å². The molecule has 42 heavy (non-hydrogen) atoms. The van der Waals surface area contributed by atoms with E-state index in [0.29, 0.717) is 5.75 Å². The van der Waals surface area contributed by atoms with Gasteiger partial charge in [0.05, 0.1) is 19.1 Å². The third-order valence-electron chi connectivity index (χ3n) is 7.54. The van der Waals surface area contributed by atoms with E-state index in [-0.39, 0.29) is 36.2 Å². The van der Waals surface area contributed by atoms with Gasteiger partial charge in [0.1, 0.15) is 24.2 Å². The summed E-state index contributed by atoms with van der Waals surface area (Å²) in [6.45, 7) is -0.792. The largest absolute Gasteiger partial charge is 0.497 e. The van der Waals surface area contributed by atoms with E-state index in [1.54, 1.807) is 36.4 Å². The minimum atomic E-state index is -3.92. The lowest BCUT2D eigenvalue weighted by Gasteiger charge is -2.35. The molecule has 3 aromatic carbocycles. The number of halogens is 1. The first-order valence-electron chi connectivity index (χ1n) is 14.1. The summed E-state index contributed by atoms with van der Waals surface area (Å²) in [6.07, 6.45) is 6.02. The van der Waals surface area contributed by atoms with Crippen LogP contribution >= 0.6 is 0 Å². The van der Waals surface area contributed by atoms with Crippen LogP contribution in [-0.4, -0.2) is 57.1 Å². The Hall–Kier alpha value is -3.92. The van der Waals surface area contributed by atoms with Crippen LogP contribution in [0, 0.1) is 5.82 Å². The van der Waals surface area contributed by atoms with E-state index < -0.39 is 34.3 Å². The number of carbonyl (C=O) groups excluding carboxylic acids is 2. The van der Waals surface area contributed by atoms with Crippen LogP contribution in [0.3, 0.4) is 0 Å². The van der Waals surface area contributed by atoms with E-state index in [4.69, 9.17) is 4.74 Å². The Balaban J connectivity index is 1.73. The number of methoxy groups -OCH3 is 1. The summed E-state index contributed by atoms with van der Waals surface area (Å²) in [5.41, 5.74) is 1.28. The number of nitrogens with zero attached hydrogens (tertiary/aromatic N) is 2. The number of nitrogens with one attached hydrogen (secondary N) is 1. The predicted octanol–water partition coefficient (Wildman–Crippen LogP) is 4.69. The molecule has 4 rings (SSSR count). The lowest BCUT2D eigenvalue weighted by molar-refractivity contribution is -0.140. The average Bonchev–Trinajstić information content (AvgIpc) is 2.99. The Labute approximate surface area is 247 Å². The molecule has 2 amide bonds. The van der Waals surface area contributed by atoms with Crippen LogP contribution in [0.25, 0.3) is 0 Å². The number of carbonyl (C=O) groups is 2. The minimum absolute atomic E-state index is 0.0146. The summed E-state index contributed by atoms with van der Waals surface area (Å²) < 4.78 is 47.0. The van der Waals surface area contributed by atoms with Crippen molar-refractivity contribution < 1.29 is 27.1 Å². The standard InChI is InChI=1S/C32H38FN3O5S/c1-41-28-18-11-17-27(21-28)36(42(2,39)40)23-31(37)35(22-25-14-9-10-19-29(25)33)30(20-24-12-5-3-6-13-24)32(38)34-26-15-7-4-8-16-26/h3,5-6,9-14,17-19,21,26,30H,4,7-8,15-16,20,22-23H2,1-2H3,(H,34,38)/t30-/m0/s1. The molecule has 0 bridgehead atoms. The number of amides is 2. The molecule has 1 atom stereocenters. The summed E-state index contributed by atoms with van der Waals surface area (Å²) in [5.74, 6) is -1.08. The molecule has 3 aromatic rings. The molecular formula is C32H38FN3O5S. The fourth-order valence-corrected chi connectivity index (χ4v) is 6.13. The Bertz CT molecular complexity index is 1460. The molecule has 0 spiro atoms. The first-order valence-corrected chi connectivity index (χ1v) is 16.0. The van der Waals surface area contributed by atoms with Crippen LogP contribution in [0.5, 0.6) is 5.75 Å². The van der Waals surface area contributed by atoms with Crippen molar-refractivity contribution in [2.24, 2.45) is 0 Å². The second-order valence-corrected chi connectivity index (χ2v) is 12.5. The Morgan fingerprint density at radius 2 is 1.67 bits per heavy atom. The molecule has 1 aliphatic carbocycles. The monoisotopic (exact) mass is 595 g/mol. The van der Waals surface area contributed by atoms with Gasteiger partial charge in [-0.05, 0) is 36.6 Å². The first-order chi connectivity index (χ1) is 20.2. The van der Waals surface area contributed by atoms with Crippen molar-refractivity contribution in [2.75, 3.05) is 24.2 Å².